The zero-order chi connectivity index (χ0) is 36.0. The van der Waals surface area contributed by atoms with Crippen LogP contribution < -0.4 is 19.1 Å². The van der Waals surface area contributed by atoms with Gasteiger partial charge < -0.3 is 38.0 Å². The van der Waals surface area contributed by atoms with Crippen LogP contribution in [-0.2, 0) is 30.4 Å². The Kier molecular flexibility index (Phi) is 11.1. The molecule has 2 fully saturated rings. The average molecular weight is 711 g/mol. The maximum atomic E-state index is 13.0. The Labute approximate surface area is 304 Å². The van der Waals surface area contributed by atoms with Crippen molar-refractivity contribution in [1.29, 1.82) is 0 Å². The third-order valence-electron chi connectivity index (χ3n) is 10.4. The summed E-state index contributed by atoms with van der Waals surface area (Å²) in [6, 6.07) is 26.2. The predicted octanol–water partition coefficient (Wildman–Crippen LogP) is 8.11. The smallest absolute Gasteiger partial charge is 0.343 e. The van der Waals surface area contributed by atoms with Gasteiger partial charge in [0.2, 0.25) is 0 Å². The minimum absolute atomic E-state index is 0.0703. The summed E-state index contributed by atoms with van der Waals surface area (Å²) in [6.45, 7) is 11.2. The average Bonchev–Trinajstić information content (AvgIpc) is 3.41. The number of esters is 1. The van der Waals surface area contributed by atoms with Crippen LogP contribution in [0, 0.1) is 10.8 Å². The van der Waals surface area contributed by atoms with Crippen LogP contribution in [0.1, 0.15) is 66.6 Å². The zero-order valence-corrected chi connectivity index (χ0v) is 30.0. The number of rotatable bonds is 18. The number of carbonyl (C=O) groups excluding carboxylic acids is 1. The molecule has 10 heteroatoms. The molecular formula is C42H46O10. The lowest BCUT2D eigenvalue weighted by atomic mass is 9.84. The molecule has 1 unspecified atom stereocenters. The Morgan fingerprint density at radius 3 is 1.69 bits per heavy atom. The molecule has 1 atom stereocenters. The quantitative estimate of drug-likeness (QED) is 0.0252. The van der Waals surface area contributed by atoms with Crippen LogP contribution in [-0.4, -0.2) is 59.2 Å². The molecule has 2 heterocycles. The van der Waals surface area contributed by atoms with E-state index in [1.165, 1.54) is 0 Å². The molecule has 0 N–H and O–H groups in total. The van der Waals surface area contributed by atoms with Gasteiger partial charge in [-0.05, 0) is 101 Å². The topological polar surface area (TPSA) is 100 Å². The number of hydrogen-bond acceptors (Lipinski definition) is 10. The van der Waals surface area contributed by atoms with E-state index in [2.05, 4.69) is 20.8 Å². The second-order valence-electron chi connectivity index (χ2n) is 14.0. The highest BCUT2D eigenvalue weighted by Crippen LogP contribution is 2.47. The van der Waals surface area contributed by atoms with Gasteiger partial charge in [0, 0.05) is 16.7 Å². The van der Waals surface area contributed by atoms with Gasteiger partial charge in [-0.3, -0.25) is 0 Å². The van der Waals surface area contributed by atoms with E-state index in [1.807, 2.05) is 60.7 Å². The van der Waals surface area contributed by atoms with Gasteiger partial charge in [-0.2, -0.15) is 4.89 Å². The van der Waals surface area contributed by atoms with E-state index in [9.17, 15) is 4.79 Å². The monoisotopic (exact) mass is 710 g/mol. The second-order valence-corrected chi connectivity index (χ2v) is 14.0. The van der Waals surface area contributed by atoms with Gasteiger partial charge in [0.15, 0.2) is 19.3 Å². The highest BCUT2D eigenvalue weighted by atomic mass is 17.2. The summed E-state index contributed by atoms with van der Waals surface area (Å²) in [4.78, 5) is 24.3. The van der Waals surface area contributed by atoms with Gasteiger partial charge in [-0.1, -0.05) is 45.0 Å². The van der Waals surface area contributed by atoms with Crippen molar-refractivity contribution in [3.8, 4) is 34.1 Å². The van der Waals surface area contributed by atoms with Gasteiger partial charge in [0.1, 0.15) is 23.9 Å². The van der Waals surface area contributed by atoms with Gasteiger partial charge in [-0.15, -0.1) is 0 Å². The molecule has 0 amide bonds. The maximum Gasteiger partial charge on any atom is 0.343 e. The fourth-order valence-corrected chi connectivity index (χ4v) is 6.57. The van der Waals surface area contributed by atoms with Crippen LogP contribution >= 0.6 is 0 Å². The van der Waals surface area contributed by atoms with E-state index < -0.39 is 5.97 Å². The number of ether oxygens (including phenoxy) is 7. The summed E-state index contributed by atoms with van der Waals surface area (Å²) in [6.07, 6.45) is 2.04. The lowest BCUT2D eigenvalue weighted by Gasteiger charge is -2.40. The lowest BCUT2D eigenvalue weighted by Crippen LogP contribution is -2.45. The third-order valence-corrected chi connectivity index (χ3v) is 10.4. The summed E-state index contributed by atoms with van der Waals surface area (Å²) in [7, 11) is 0. The molecule has 0 radical (unpaired) electrons. The van der Waals surface area contributed by atoms with Gasteiger partial charge in [-0.25, -0.2) is 4.79 Å². The molecule has 7 rings (SSSR count). The molecule has 0 aromatic heterocycles. The normalized spacial score (nSPS) is 17.6. The summed E-state index contributed by atoms with van der Waals surface area (Å²) >= 11 is 0. The van der Waals surface area contributed by atoms with Crippen molar-refractivity contribution in [3.05, 3.63) is 107 Å². The Balaban J connectivity index is 0.860. The Morgan fingerprint density at radius 2 is 1.17 bits per heavy atom. The molecule has 3 aliphatic rings. The molecule has 0 saturated carbocycles. The van der Waals surface area contributed by atoms with Crippen molar-refractivity contribution in [3.63, 3.8) is 0 Å². The van der Waals surface area contributed by atoms with E-state index >= 15 is 0 Å². The fourth-order valence-electron chi connectivity index (χ4n) is 6.57. The zero-order valence-electron chi connectivity index (χ0n) is 30.0. The Hall–Kier alpha value is -4.45. The largest absolute Gasteiger partial charge is 0.468 e. The number of hydrogen-bond donors (Lipinski definition) is 0. The van der Waals surface area contributed by atoms with E-state index in [-0.39, 0.29) is 36.9 Å². The molecule has 0 bridgehead atoms. The molecule has 2 aliphatic heterocycles. The van der Waals surface area contributed by atoms with Crippen molar-refractivity contribution in [2.75, 3.05) is 53.2 Å². The Bertz CT molecular complexity index is 1800. The molecular weight excluding hydrogens is 664 g/mol. The maximum absolute atomic E-state index is 13.0. The molecule has 2 saturated heterocycles. The number of carbonyl (C=O) groups is 1. The SMILES string of the molecule is CCC1(COCOc2ccc(COOc3ccc4c(c3)C(C)c3cc(OC(=O)c5ccc(OCOCC6(CC)COC6)cc5)ccc3-4)cc2)COC1. The third kappa shape index (κ3) is 8.11. The molecule has 274 valence electrons. The lowest BCUT2D eigenvalue weighted by molar-refractivity contribution is -0.217. The first-order chi connectivity index (χ1) is 25.4. The van der Waals surface area contributed by atoms with Crippen LogP contribution in [0.25, 0.3) is 11.1 Å². The minimum Gasteiger partial charge on any atom is -0.468 e. The fraction of sp³-hybridized carbons (Fsp3) is 0.405. The summed E-state index contributed by atoms with van der Waals surface area (Å²) in [5, 5.41) is 0. The van der Waals surface area contributed by atoms with Gasteiger partial charge in [0.05, 0.1) is 45.2 Å². The number of fused-ring (bicyclic) bond motifs is 3. The van der Waals surface area contributed by atoms with Crippen LogP contribution in [0.3, 0.4) is 0 Å². The minimum atomic E-state index is -0.440. The highest BCUT2D eigenvalue weighted by molar-refractivity contribution is 5.91. The molecule has 10 nitrogen and oxygen atoms in total. The molecule has 0 spiro atoms. The second kappa shape index (κ2) is 16.1. The van der Waals surface area contributed by atoms with Crippen LogP contribution in [0.5, 0.6) is 23.0 Å². The molecule has 52 heavy (non-hydrogen) atoms. The van der Waals surface area contributed by atoms with E-state index in [0.717, 1.165) is 72.8 Å². The van der Waals surface area contributed by atoms with Crippen LogP contribution in [0.4, 0.5) is 0 Å². The van der Waals surface area contributed by atoms with E-state index in [1.54, 1.807) is 24.3 Å². The van der Waals surface area contributed by atoms with Crippen molar-refractivity contribution < 1.29 is 47.7 Å². The molecule has 1 aliphatic carbocycles. The molecule has 4 aromatic carbocycles. The van der Waals surface area contributed by atoms with Crippen LogP contribution in [0.2, 0.25) is 0 Å². The Morgan fingerprint density at radius 1 is 0.673 bits per heavy atom. The van der Waals surface area contributed by atoms with E-state index in [0.29, 0.717) is 36.0 Å². The summed E-state index contributed by atoms with van der Waals surface area (Å²) in [5.74, 6) is 2.07. The first-order valence-corrected chi connectivity index (χ1v) is 17.9. The number of benzene rings is 4. The summed E-state index contributed by atoms with van der Waals surface area (Å²) in [5.41, 5.74) is 6.03. The van der Waals surface area contributed by atoms with Gasteiger partial charge in [0.25, 0.3) is 0 Å². The first-order valence-electron chi connectivity index (χ1n) is 17.9. The van der Waals surface area contributed by atoms with Gasteiger partial charge >= 0.3 is 5.97 Å². The summed E-state index contributed by atoms with van der Waals surface area (Å²) < 4.78 is 39.3. The molecule has 4 aromatic rings. The predicted molar refractivity (Wildman–Crippen MR) is 193 cm³/mol. The van der Waals surface area contributed by atoms with Crippen LogP contribution in [0.15, 0.2) is 84.9 Å². The van der Waals surface area contributed by atoms with E-state index in [4.69, 9.17) is 42.9 Å². The van der Waals surface area contributed by atoms with Crippen molar-refractivity contribution >= 4 is 5.97 Å². The van der Waals surface area contributed by atoms with Crippen molar-refractivity contribution in [2.24, 2.45) is 10.8 Å². The van der Waals surface area contributed by atoms with Crippen molar-refractivity contribution in [2.45, 2.75) is 46.1 Å². The highest BCUT2D eigenvalue weighted by Gasteiger charge is 2.38. The first kappa shape index (κ1) is 35.9. The standard InChI is InChI=1S/C42H46O10/c1-4-41(21-44-22-41)25-46-27-48-32-10-6-30(7-11-32)20-50-52-35-15-17-37-36-16-14-34(18-38(36)29(3)39(37)19-35)51-40(43)31-8-12-33(13-9-31)49-28-47-26-42(5-2)23-45-24-42/h6-19,29H,4-5,20-28H2,1-3H3. The van der Waals surface area contributed by atoms with Crippen molar-refractivity contribution in [1.82, 2.24) is 0 Å².